The predicted octanol–water partition coefficient (Wildman–Crippen LogP) is 1.47. The van der Waals surface area contributed by atoms with Gasteiger partial charge in [0.05, 0.1) is 4.91 Å². The van der Waals surface area contributed by atoms with Crippen LogP contribution in [0, 0.1) is 0 Å². The minimum Gasteiger partial charge on any atom is -0.482 e. The topological polar surface area (TPSA) is 92.7 Å². The van der Waals surface area contributed by atoms with Crippen LogP contribution in [0.5, 0.6) is 5.75 Å². The number of carboxylic acids is 1. The molecule has 0 aliphatic carbocycles. The molecule has 1 aromatic carbocycles. The smallest absolute Gasteiger partial charge is 0.341 e. The lowest BCUT2D eigenvalue weighted by molar-refractivity contribution is -0.139. The summed E-state index contributed by atoms with van der Waals surface area (Å²) in [5.41, 5.74) is 0.718. The van der Waals surface area contributed by atoms with Gasteiger partial charge in [0.25, 0.3) is 11.1 Å². The number of carbonyl (C=O) groups excluding carboxylic acids is 2. The number of ether oxygens (including phenoxy) is 1. The summed E-state index contributed by atoms with van der Waals surface area (Å²) in [5.74, 6) is -1.05. The Kier molecular flexibility index (Phi) is 3.86. The van der Waals surface area contributed by atoms with Crippen molar-refractivity contribution in [2.45, 2.75) is 0 Å². The molecular formula is C12H9NO5S. The van der Waals surface area contributed by atoms with Gasteiger partial charge in [0.2, 0.25) is 0 Å². The number of nitrogens with one attached hydrogen (secondary N) is 1. The number of thioether (sulfide) groups is 1. The average Bonchev–Trinajstić information content (AvgIpc) is 2.67. The number of carboxylic acid groups (broad SMARTS) is 1. The van der Waals surface area contributed by atoms with Crippen molar-refractivity contribution in [3.05, 3.63) is 34.7 Å². The van der Waals surface area contributed by atoms with Crippen molar-refractivity contribution >= 4 is 35.0 Å². The van der Waals surface area contributed by atoms with Gasteiger partial charge in [-0.3, -0.25) is 14.9 Å². The molecule has 0 radical (unpaired) electrons. The fourth-order valence-electron chi connectivity index (χ4n) is 1.38. The van der Waals surface area contributed by atoms with Crippen molar-refractivity contribution in [1.29, 1.82) is 0 Å². The normalized spacial score (nSPS) is 16.5. The summed E-state index contributed by atoms with van der Waals surface area (Å²) in [5, 5.41) is 10.2. The molecule has 1 heterocycles. The van der Waals surface area contributed by atoms with E-state index in [1.54, 1.807) is 30.3 Å². The average molecular weight is 279 g/mol. The van der Waals surface area contributed by atoms with Crippen LogP contribution < -0.4 is 10.1 Å². The third kappa shape index (κ3) is 3.59. The summed E-state index contributed by atoms with van der Waals surface area (Å²) in [7, 11) is 0. The van der Waals surface area contributed by atoms with Crippen LogP contribution in [-0.2, 0) is 9.59 Å². The fourth-order valence-corrected chi connectivity index (χ4v) is 2.06. The zero-order valence-corrected chi connectivity index (χ0v) is 10.4. The van der Waals surface area contributed by atoms with Crippen LogP contribution >= 0.6 is 11.8 Å². The molecule has 19 heavy (non-hydrogen) atoms. The molecule has 7 heteroatoms. The SMILES string of the molecule is O=C(O)COc1ccc(C=C2SC(=O)NC2=O)cc1. The highest BCUT2D eigenvalue weighted by Crippen LogP contribution is 2.26. The van der Waals surface area contributed by atoms with Gasteiger partial charge in [0.15, 0.2) is 6.61 Å². The quantitative estimate of drug-likeness (QED) is 0.811. The number of amides is 2. The third-order valence-electron chi connectivity index (χ3n) is 2.18. The molecule has 2 amide bonds. The van der Waals surface area contributed by atoms with Crippen molar-refractivity contribution in [2.75, 3.05) is 6.61 Å². The van der Waals surface area contributed by atoms with Gasteiger partial charge in [0.1, 0.15) is 5.75 Å². The first-order valence-electron chi connectivity index (χ1n) is 5.24. The Morgan fingerprint density at radius 1 is 1.32 bits per heavy atom. The van der Waals surface area contributed by atoms with E-state index in [1.165, 1.54) is 0 Å². The fraction of sp³-hybridized carbons (Fsp3) is 0.0833. The van der Waals surface area contributed by atoms with E-state index in [9.17, 15) is 14.4 Å². The molecule has 6 nitrogen and oxygen atoms in total. The van der Waals surface area contributed by atoms with E-state index >= 15 is 0 Å². The van der Waals surface area contributed by atoms with Gasteiger partial charge in [-0.25, -0.2) is 4.79 Å². The van der Waals surface area contributed by atoms with Crippen molar-refractivity contribution in [3.63, 3.8) is 0 Å². The maximum Gasteiger partial charge on any atom is 0.341 e. The first kappa shape index (κ1) is 13.2. The Bertz CT molecular complexity index is 564. The molecule has 0 saturated carbocycles. The second kappa shape index (κ2) is 5.57. The standard InChI is InChI=1S/C12H9NO5S/c14-10(15)6-18-8-3-1-7(2-4-8)5-9-11(16)13-12(17)19-9/h1-5H,6H2,(H,14,15)(H,13,16,17). The lowest BCUT2D eigenvalue weighted by atomic mass is 10.2. The summed E-state index contributed by atoms with van der Waals surface area (Å²) in [6.07, 6.45) is 1.58. The van der Waals surface area contributed by atoms with E-state index < -0.39 is 23.7 Å². The zero-order valence-electron chi connectivity index (χ0n) is 9.58. The predicted molar refractivity (Wildman–Crippen MR) is 68.7 cm³/mol. The maximum absolute atomic E-state index is 11.3. The number of benzene rings is 1. The summed E-state index contributed by atoms with van der Waals surface area (Å²) in [4.78, 5) is 32.9. The lowest BCUT2D eigenvalue weighted by Gasteiger charge is -2.03. The van der Waals surface area contributed by atoms with E-state index in [-0.39, 0.29) is 0 Å². The van der Waals surface area contributed by atoms with E-state index in [0.717, 1.165) is 17.3 Å². The molecule has 0 aromatic heterocycles. The molecule has 1 fully saturated rings. The molecule has 1 aliphatic heterocycles. The highest BCUT2D eigenvalue weighted by atomic mass is 32.2. The van der Waals surface area contributed by atoms with Crippen LogP contribution in [0.1, 0.15) is 5.56 Å². The van der Waals surface area contributed by atoms with Crippen molar-refractivity contribution < 1.29 is 24.2 Å². The Morgan fingerprint density at radius 2 is 2.00 bits per heavy atom. The maximum atomic E-state index is 11.3. The molecule has 98 valence electrons. The van der Waals surface area contributed by atoms with Crippen LogP contribution in [0.4, 0.5) is 4.79 Å². The number of hydrogen-bond acceptors (Lipinski definition) is 5. The minimum atomic E-state index is -1.05. The minimum absolute atomic E-state index is 0.323. The van der Waals surface area contributed by atoms with Crippen LogP contribution in [-0.4, -0.2) is 28.8 Å². The Labute approximate surface area is 112 Å². The highest BCUT2D eigenvalue weighted by molar-refractivity contribution is 8.18. The highest BCUT2D eigenvalue weighted by Gasteiger charge is 2.24. The lowest BCUT2D eigenvalue weighted by Crippen LogP contribution is -2.17. The van der Waals surface area contributed by atoms with Crippen molar-refractivity contribution in [1.82, 2.24) is 5.32 Å². The van der Waals surface area contributed by atoms with Crippen LogP contribution in [0.2, 0.25) is 0 Å². The van der Waals surface area contributed by atoms with Crippen LogP contribution in [0.3, 0.4) is 0 Å². The van der Waals surface area contributed by atoms with Gasteiger partial charge >= 0.3 is 5.97 Å². The summed E-state index contributed by atoms with van der Waals surface area (Å²) in [6, 6.07) is 6.52. The first-order chi connectivity index (χ1) is 9.04. The number of rotatable bonds is 4. The second-order valence-electron chi connectivity index (χ2n) is 3.60. The van der Waals surface area contributed by atoms with Crippen molar-refractivity contribution in [2.24, 2.45) is 0 Å². The largest absolute Gasteiger partial charge is 0.482 e. The molecule has 2 N–H and O–H groups in total. The second-order valence-corrected chi connectivity index (χ2v) is 4.62. The number of carbonyl (C=O) groups is 3. The van der Waals surface area contributed by atoms with Gasteiger partial charge in [-0.05, 0) is 35.5 Å². The molecule has 1 saturated heterocycles. The molecule has 0 bridgehead atoms. The first-order valence-corrected chi connectivity index (χ1v) is 6.06. The number of imide groups is 1. The zero-order chi connectivity index (χ0) is 13.8. The molecule has 0 unspecified atom stereocenters. The molecule has 1 aromatic rings. The molecule has 0 spiro atoms. The van der Waals surface area contributed by atoms with E-state index in [1.807, 2.05) is 0 Å². The Hall–Kier alpha value is -2.28. The summed E-state index contributed by atoms with van der Waals surface area (Å²) >= 11 is 0.839. The van der Waals surface area contributed by atoms with Gasteiger partial charge in [-0.15, -0.1) is 0 Å². The van der Waals surface area contributed by atoms with E-state index in [4.69, 9.17) is 9.84 Å². The Morgan fingerprint density at radius 3 is 2.53 bits per heavy atom. The summed E-state index contributed by atoms with van der Waals surface area (Å²) in [6.45, 7) is -0.410. The van der Waals surface area contributed by atoms with Gasteiger partial charge < -0.3 is 9.84 Å². The number of hydrogen-bond donors (Lipinski definition) is 2. The molecule has 0 atom stereocenters. The van der Waals surface area contributed by atoms with Crippen LogP contribution in [0.25, 0.3) is 6.08 Å². The summed E-state index contributed by atoms with van der Waals surface area (Å²) < 4.78 is 4.97. The molecular weight excluding hydrogens is 270 g/mol. The van der Waals surface area contributed by atoms with E-state index in [2.05, 4.69) is 5.32 Å². The molecule has 1 aliphatic rings. The van der Waals surface area contributed by atoms with Gasteiger partial charge in [0, 0.05) is 0 Å². The number of aliphatic carboxylic acids is 1. The van der Waals surface area contributed by atoms with Crippen molar-refractivity contribution in [3.8, 4) is 5.75 Å². The van der Waals surface area contributed by atoms with Crippen LogP contribution in [0.15, 0.2) is 29.2 Å². The third-order valence-corrected chi connectivity index (χ3v) is 2.99. The van der Waals surface area contributed by atoms with Gasteiger partial charge in [-0.2, -0.15) is 0 Å². The molecule has 2 rings (SSSR count). The van der Waals surface area contributed by atoms with E-state index in [0.29, 0.717) is 10.7 Å². The van der Waals surface area contributed by atoms with Gasteiger partial charge in [-0.1, -0.05) is 12.1 Å². The monoisotopic (exact) mass is 279 g/mol. The Balaban J connectivity index is 2.06.